The zero-order chi connectivity index (χ0) is 16.9. The fourth-order valence-corrected chi connectivity index (χ4v) is 3.21. The third-order valence-electron chi connectivity index (χ3n) is 3.33. The Morgan fingerprint density at radius 2 is 2.12 bits per heavy atom. The van der Waals surface area contributed by atoms with E-state index in [4.69, 9.17) is 0 Å². The standard InChI is InChI=1S/C16H18N6OS/c1-22(2)15-12(9-17-10-19-15)21-16(23)18-8-7-14-20-11-5-3-4-6-13(11)24-14/h3-6,9-10H,7-8H2,1-2H3,(H2,18,21,23). The van der Waals surface area contributed by atoms with Crippen LogP contribution in [0, 0.1) is 0 Å². The third kappa shape index (κ3) is 3.77. The van der Waals surface area contributed by atoms with Gasteiger partial charge in [-0.15, -0.1) is 11.3 Å². The summed E-state index contributed by atoms with van der Waals surface area (Å²) in [5, 5.41) is 6.61. The van der Waals surface area contributed by atoms with Gasteiger partial charge in [-0.3, -0.25) is 0 Å². The molecule has 0 aliphatic heterocycles. The van der Waals surface area contributed by atoms with Crippen molar-refractivity contribution in [3.63, 3.8) is 0 Å². The largest absolute Gasteiger partial charge is 0.361 e. The number of aromatic nitrogens is 3. The minimum atomic E-state index is -0.283. The molecule has 0 aliphatic carbocycles. The van der Waals surface area contributed by atoms with Gasteiger partial charge in [-0.05, 0) is 12.1 Å². The Hall–Kier alpha value is -2.74. The summed E-state index contributed by atoms with van der Waals surface area (Å²) in [6.07, 6.45) is 3.72. The molecule has 0 fully saturated rings. The molecule has 0 saturated carbocycles. The van der Waals surface area contributed by atoms with Crippen LogP contribution in [-0.4, -0.2) is 41.6 Å². The quantitative estimate of drug-likeness (QED) is 0.744. The SMILES string of the molecule is CN(C)c1ncncc1NC(=O)NCCc1nc2ccccc2s1. The van der Waals surface area contributed by atoms with Crippen LogP contribution in [-0.2, 0) is 6.42 Å². The molecule has 8 heteroatoms. The summed E-state index contributed by atoms with van der Waals surface area (Å²) in [5.41, 5.74) is 1.57. The molecule has 0 atom stereocenters. The lowest BCUT2D eigenvalue weighted by atomic mass is 10.3. The van der Waals surface area contributed by atoms with E-state index in [1.165, 1.54) is 6.33 Å². The third-order valence-corrected chi connectivity index (χ3v) is 4.42. The maximum atomic E-state index is 12.0. The molecule has 2 N–H and O–H groups in total. The zero-order valence-corrected chi connectivity index (χ0v) is 14.3. The van der Waals surface area contributed by atoms with Crippen LogP contribution in [0.25, 0.3) is 10.2 Å². The Bertz CT molecular complexity index is 814. The first-order chi connectivity index (χ1) is 11.6. The van der Waals surface area contributed by atoms with Crippen molar-refractivity contribution < 1.29 is 4.79 Å². The number of rotatable bonds is 5. The summed E-state index contributed by atoms with van der Waals surface area (Å²) in [7, 11) is 3.72. The predicted molar refractivity (Wildman–Crippen MR) is 96.7 cm³/mol. The molecule has 24 heavy (non-hydrogen) atoms. The van der Waals surface area contributed by atoms with Gasteiger partial charge in [-0.2, -0.15) is 0 Å². The molecule has 124 valence electrons. The number of amides is 2. The first-order valence-electron chi connectivity index (χ1n) is 7.50. The van der Waals surface area contributed by atoms with E-state index in [1.54, 1.807) is 17.5 Å². The molecule has 2 heterocycles. The molecule has 1 aromatic carbocycles. The molecule has 2 aromatic heterocycles. The van der Waals surface area contributed by atoms with Crippen molar-refractivity contribution in [2.24, 2.45) is 0 Å². The van der Waals surface area contributed by atoms with E-state index < -0.39 is 0 Å². The van der Waals surface area contributed by atoms with Crippen molar-refractivity contribution in [1.82, 2.24) is 20.3 Å². The molecule has 0 bridgehead atoms. The van der Waals surface area contributed by atoms with Crippen LogP contribution >= 0.6 is 11.3 Å². The van der Waals surface area contributed by atoms with Crippen LogP contribution in [0.2, 0.25) is 0 Å². The van der Waals surface area contributed by atoms with Gasteiger partial charge in [-0.25, -0.2) is 19.7 Å². The number of anilines is 2. The van der Waals surface area contributed by atoms with Gasteiger partial charge in [0.05, 0.1) is 21.4 Å². The molecule has 0 radical (unpaired) electrons. The summed E-state index contributed by atoms with van der Waals surface area (Å²) >= 11 is 1.65. The number of benzene rings is 1. The van der Waals surface area contributed by atoms with Crippen molar-refractivity contribution in [2.45, 2.75) is 6.42 Å². The van der Waals surface area contributed by atoms with E-state index in [0.717, 1.165) is 15.2 Å². The first-order valence-corrected chi connectivity index (χ1v) is 8.32. The van der Waals surface area contributed by atoms with Crippen LogP contribution in [0.15, 0.2) is 36.8 Å². The molecule has 0 unspecified atom stereocenters. The second-order valence-corrected chi connectivity index (χ2v) is 6.48. The number of urea groups is 1. The second-order valence-electron chi connectivity index (χ2n) is 5.36. The van der Waals surface area contributed by atoms with Gasteiger partial charge in [0.1, 0.15) is 12.0 Å². The monoisotopic (exact) mass is 342 g/mol. The van der Waals surface area contributed by atoms with Crippen molar-refractivity contribution in [1.29, 1.82) is 0 Å². The van der Waals surface area contributed by atoms with Gasteiger partial charge in [0.2, 0.25) is 0 Å². The average Bonchev–Trinajstić information content (AvgIpc) is 2.97. The van der Waals surface area contributed by atoms with Crippen LogP contribution < -0.4 is 15.5 Å². The van der Waals surface area contributed by atoms with E-state index in [0.29, 0.717) is 24.5 Å². The number of fused-ring (bicyclic) bond motifs is 1. The Kier molecular flexibility index (Phi) is 4.85. The van der Waals surface area contributed by atoms with E-state index in [9.17, 15) is 4.79 Å². The molecule has 3 aromatic rings. The highest BCUT2D eigenvalue weighted by atomic mass is 32.1. The maximum Gasteiger partial charge on any atom is 0.319 e. The van der Waals surface area contributed by atoms with Crippen LogP contribution in [0.3, 0.4) is 0 Å². The highest BCUT2D eigenvalue weighted by molar-refractivity contribution is 7.18. The molecule has 3 rings (SSSR count). The van der Waals surface area contributed by atoms with E-state index in [1.807, 2.05) is 37.2 Å². The zero-order valence-electron chi connectivity index (χ0n) is 13.5. The summed E-state index contributed by atoms with van der Waals surface area (Å²) in [5.74, 6) is 0.659. The van der Waals surface area contributed by atoms with Gasteiger partial charge < -0.3 is 15.5 Å². The van der Waals surface area contributed by atoms with E-state index >= 15 is 0 Å². The Morgan fingerprint density at radius 1 is 1.29 bits per heavy atom. The Morgan fingerprint density at radius 3 is 2.92 bits per heavy atom. The van der Waals surface area contributed by atoms with E-state index in [-0.39, 0.29) is 6.03 Å². The fraction of sp³-hybridized carbons (Fsp3) is 0.250. The lowest BCUT2D eigenvalue weighted by molar-refractivity contribution is 0.252. The van der Waals surface area contributed by atoms with Gasteiger partial charge >= 0.3 is 6.03 Å². The number of hydrogen-bond acceptors (Lipinski definition) is 6. The van der Waals surface area contributed by atoms with E-state index in [2.05, 4.69) is 31.7 Å². The minimum Gasteiger partial charge on any atom is -0.361 e. The topological polar surface area (TPSA) is 83.0 Å². The normalized spacial score (nSPS) is 10.6. The van der Waals surface area contributed by atoms with Crippen LogP contribution in [0.4, 0.5) is 16.3 Å². The number of para-hydroxylation sites is 1. The summed E-state index contributed by atoms with van der Waals surface area (Å²) in [6, 6.07) is 7.74. The number of carbonyl (C=O) groups is 1. The summed E-state index contributed by atoms with van der Waals surface area (Å²) < 4.78 is 1.16. The molecule has 0 aliphatic rings. The molecule has 7 nitrogen and oxygen atoms in total. The summed E-state index contributed by atoms with van der Waals surface area (Å²) in [6.45, 7) is 0.511. The maximum absolute atomic E-state index is 12.0. The number of hydrogen-bond donors (Lipinski definition) is 2. The molecular formula is C16H18N6OS. The lowest BCUT2D eigenvalue weighted by Crippen LogP contribution is -2.31. The van der Waals surface area contributed by atoms with Crippen molar-refractivity contribution >= 4 is 39.1 Å². The smallest absolute Gasteiger partial charge is 0.319 e. The molecule has 0 spiro atoms. The van der Waals surface area contributed by atoms with Gasteiger partial charge in [0.25, 0.3) is 0 Å². The molecule has 0 saturated heterocycles. The number of carbonyl (C=O) groups excluding carboxylic acids is 1. The van der Waals surface area contributed by atoms with Crippen molar-refractivity contribution in [2.75, 3.05) is 30.9 Å². The second kappa shape index (κ2) is 7.22. The number of nitrogens with zero attached hydrogens (tertiary/aromatic N) is 4. The van der Waals surface area contributed by atoms with Gasteiger partial charge in [0.15, 0.2) is 5.82 Å². The van der Waals surface area contributed by atoms with Crippen molar-refractivity contribution in [3.05, 3.63) is 41.8 Å². The summed E-state index contributed by atoms with van der Waals surface area (Å²) in [4.78, 5) is 26.5. The average molecular weight is 342 g/mol. The Balaban J connectivity index is 1.54. The fourth-order valence-electron chi connectivity index (χ4n) is 2.24. The Labute approximate surface area is 143 Å². The lowest BCUT2D eigenvalue weighted by Gasteiger charge is -2.15. The van der Waals surface area contributed by atoms with Gasteiger partial charge in [-0.1, -0.05) is 12.1 Å². The first kappa shape index (κ1) is 16.1. The van der Waals surface area contributed by atoms with Crippen LogP contribution in [0.1, 0.15) is 5.01 Å². The highest BCUT2D eigenvalue weighted by Gasteiger charge is 2.10. The van der Waals surface area contributed by atoms with Gasteiger partial charge in [0, 0.05) is 27.1 Å². The number of nitrogens with one attached hydrogen (secondary N) is 2. The molecule has 2 amide bonds. The highest BCUT2D eigenvalue weighted by Crippen LogP contribution is 2.21. The minimum absolute atomic E-state index is 0.283. The number of thiazole rings is 1. The molecular weight excluding hydrogens is 324 g/mol. The van der Waals surface area contributed by atoms with Crippen molar-refractivity contribution in [3.8, 4) is 0 Å². The van der Waals surface area contributed by atoms with Crippen LogP contribution in [0.5, 0.6) is 0 Å². The predicted octanol–water partition coefficient (Wildman–Crippen LogP) is 2.52.